The van der Waals surface area contributed by atoms with Crippen molar-refractivity contribution < 1.29 is 32.6 Å². The second-order valence-electron chi connectivity index (χ2n) is 8.94. The Morgan fingerprint density at radius 3 is 2.50 bits per heavy atom. The van der Waals surface area contributed by atoms with Gasteiger partial charge in [0.25, 0.3) is 5.91 Å². The Balaban J connectivity index is 1.54. The summed E-state index contributed by atoms with van der Waals surface area (Å²) in [6.45, 7) is -0.906. The van der Waals surface area contributed by atoms with Crippen molar-refractivity contribution in [2.24, 2.45) is 5.73 Å². The van der Waals surface area contributed by atoms with Crippen molar-refractivity contribution in [3.63, 3.8) is 0 Å². The summed E-state index contributed by atoms with van der Waals surface area (Å²) in [4.78, 5) is 27.2. The van der Waals surface area contributed by atoms with Gasteiger partial charge in [0.15, 0.2) is 0 Å². The third kappa shape index (κ3) is 4.02. The Hall–Kier alpha value is -3.73. The number of carbonyl (C=O) groups excluding carboxylic acids is 2. The zero-order chi connectivity index (χ0) is 25.4. The number of nitrogens with two attached hydrogens (primary N) is 1. The summed E-state index contributed by atoms with van der Waals surface area (Å²) < 4.78 is 43.0. The molecule has 1 aliphatic heterocycles. The zero-order valence-corrected chi connectivity index (χ0v) is 19.7. The minimum absolute atomic E-state index is 0.0103. The van der Waals surface area contributed by atoms with Gasteiger partial charge in [0.05, 0.1) is 37.5 Å². The van der Waals surface area contributed by atoms with Crippen LogP contribution in [0.4, 0.5) is 8.78 Å². The molecule has 190 valence electrons. The van der Waals surface area contributed by atoms with Crippen LogP contribution < -0.4 is 15.2 Å². The van der Waals surface area contributed by atoms with Crippen LogP contribution in [0.3, 0.4) is 0 Å². The summed E-state index contributed by atoms with van der Waals surface area (Å²) in [7, 11) is 1.31. The molecule has 11 heteroatoms. The number of amides is 2. The predicted molar refractivity (Wildman–Crippen MR) is 125 cm³/mol. The molecule has 2 amide bonds. The number of pyridine rings is 1. The molecular weight excluding hydrogens is 474 g/mol. The molecule has 36 heavy (non-hydrogen) atoms. The van der Waals surface area contributed by atoms with E-state index < -0.39 is 17.9 Å². The van der Waals surface area contributed by atoms with Crippen molar-refractivity contribution >= 4 is 17.3 Å². The first-order valence-electron chi connectivity index (χ1n) is 11.7. The van der Waals surface area contributed by atoms with E-state index >= 15 is 0 Å². The molecule has 1 saturated heterocycles. The predicted octanol–water partition coefficient (Wildman–Crippen LogP) is 2.99. The van der Waals surface area contributed by atoms with E-state index in [0.717, 1.165) is 24.8 Å². The third-order valence-electron chi connectivity index (χ3n) is 7.04. The van der Waals surface area contributed by atoms with E-state index in [1.54, 1.807) is 10.7 Å². The fourth-order valence-corrected chi connectivity index (χ4v) is 5.05. The average molecular weight is 501 g/mol. The van der Waals surface area contributed by atoms with Crippen molar-refractivity contribution in [2.75, 3.05) is 33.4 Å². The van der Waals surface area contributed by atoms with Gasteiger partial charge in [-0.15, -0.1) is 0 Å². The van der Waals surface area contributed by atoms with Crippen LogP contribution in [0.5, 0.6) is 11.5 Å². The van der Waals surface area contributed by atoms with E-state index in [9.17, 15) is 18.4 Å². The summed E-state index contributed by atoms with van der Waals surface area (Å²) in [5, 5.41) is 4.45. The van der Waals surface area contributed by atoms with Gasteiger partial charge in [-0.3, -0.25) is 9.59 Å². The minimum Gasteiger partial charge on any atom is -0.496 e. The molecule has 1 aliphatic carbocycles. The molecule has 0 atom stereocenters. The van der Waals surface area contributed by atoms with Crippen LogP contribution >= 0.6 is 0 Å². The van der Waals surface area contributed by atoms with Crippen molar-refractivity contribution in [3.8, 4) is 22.6 Å². The number of benzene rings is 1. The molecule has 5 rings (SSSR count). The highest BCUT2D eigenvalue weighted by Crippen LogP contribution is 2.46. The number of nitrogens with zero attached hydrogens (tertiary/aromatic N) is 3. The second-order valence-corrected chi connectivity index (χ2v) is 8.94. The molecule has 3 aromatic rings. The van der Waals surface area contributed by atoms with E-state index in [1.165, 1.54) is 19.2 Å². The fourth-order valence-electron chi connectivity index (χ4n) is 5.05. The molecule has 0 unspecified atom stereocenters. The first kappa shape index (κ1) is 24.0. The van der Waals surface area contributed by atoms with E-state index in [1.807, 2.05) is 23.2 Å². The van der Waals surface area contributed by atoms with Gasteiger partial charge >= 0.3 is 6.61 Å². The summed E-state index contributed by atoms with van der Waals surface area (Å²) in [5.41, 5.74) is 7.17. The SMILES string of the molecule is COc1cc(-c2cnn3cc(C4(C(=O)N5CCOCC5)CCC4)ccc23)cc(OC(F)F)c1C(N)=O. The molecule has 2 aromatic heterocycles. The van der Waals surface area contributed by atoms with Gasteiger partial charge in [-0.05, 0) is 42.2 Å². The molecule has 0 radical (unpaired) electrons. The lowest BCUT2D eigenvalue weighted by Crippen LogP contribution is -2.54. The lowest BCUT2D eigenvalue weighted by Gasteiger charge is -2.44. The number of hydrogen-bond donors (Lipinski definition) is 1. The van der Waals surface area contributed by atoms with Gasteiger partial charge in [0.2, 0.25) is 5.91 Å². The number of halogens is 2. The van der Waals surface area contributed by atoms with Crippen LogP contribution in [-0.2, 0) is 14.9 Å². The minimum atomic E-state index is -3.16. The number of morpholine rings is 1. The maximum atomic E-state index is 13.5. The van der Waals surface area contributed by atoms with Gasteiger partial charge in [-0.2, -0.15) is 13.9 Å². The summed E-state index contributed by atoms with van der Waals surface area (Å²) in [6, 6.07) is 6.61. The van der Waals surface area contributed by atoms with E-state index in [4.69, 9.17) is 15.2 Å². The van der Waals surface area contributed by atoms with E-state index in [2.05, 4.69) is 9.84 Å². The fraction of sp³-hybridized carbons (Fsp3) is 0.400. The molecule has 1 saturated carbocycles. The molecule has 2 N–H and O–H groups in total. The van der Waals surface area contributed by atoms with Crippen molar-refractivity contribution in [2.45, 2.75) is 31.3 Å². The number of hydrogen-bond acceptors (Lipinski definition) is 6. The topological polar surface area (TPSA) is 108 Å². The van der Waals surface area contributed by atoms with Gasteiger partial charge in [0, 0.05) is 24.8 Å². The number of carbonyl (C=O) groups is 2. The third-order valence-corrected chi connectivity index (χ3v) is 7.04. The summed E-state index contributed by atoms with van der Waals surface area (Å²) >= 11 is 0. The molecule has 0 spiro atoms. The van der Waals surface area contributed by atoms with Crippen LogP contribution in [0.2, 0.25) is 0 Å². The molecule has 2 fully saturated rings. The van der Waals surface area contributed by atoms with Crippen molar-refractivity contribution in [1.82, 2.24) is 14.5 Å². The molecule has 1 aromatic carbocycles. The lowest BCUT2D eigenvalue weighted by atomic mass is 9.64. The van der Waals surface area contributed by atoms with Crippen LogP contribution in [0.1, 0.15) is 35.2 Å². The Kier molecular flexibility index (Phi) is 6.25. The number of methoxy groups -OCH3 is 1. The highest BCUT2D eigenvalue weighted by atomic mass is 19.3. The largest absolute Gasteiger partial charge is 0.496 e. The van der Waals surface area contributed by atoms with Crippen LogP contribution in [0.15, 0.2) is 36.7 Å². The van der Waals surface area contributed by atoms with Gasteiger partial charge < -0.3 is 24.8 Å². The molecule has 3 heterocycles. The number of rotatable bonds is 7. The summed E-state index contributed by atoms with van der Waals surface area (Å²) in [6.07, 6.45) is 5.94. The van der Waals surface area contributed by atoms with Gasteiger partial charge in [0.1, 0.15) is 17.1 Å². The Labute approximate surface area is 205 Å². The standard InChI is InChI=1S/C25H26F2N4O5/c1-34-19-11-15(12-20(36-24(26)27)21(19)22(28)32)17-13-29-31-14-16(3-4-18(17)31)25(5-2-6-25)23(33)30-7-9-35-10-8-30/h3-4,11-14,24H,2,5-10H2,1H3,(H2,28,32). The monoisotopic (exact) mass is 500 g/mol. The second kappa shape index (κ2) is 9.38. The van der Waals surface area contributed by atoms with Gasteiger partial charge in [-0.25, -0.2) is 4.52 Å². The van der Waals surface area contributed by atoms with Crippen LogP contribution in [0, 0.1) is 0 Å². The van der Waals surface area contributed by atoms with Crippen molar-refractivity contribution in [3.05, 3.63) is 47.8 Å². The lowest BCUT2D eigenvalue weighted by molar-refractivity contribution is -0.145. The molecule has 9 nitrogen and oxygen atoms in total. The smallest absolute Gasteiger partial charge is 0.387 e. The zero-order valence-electron chi connectivity index (χ0n) is 19.7. The van der Waals surface area contributed by atoms with Crippen molar-refractivity contribution in [1.29, 1.82) is 0 Å². The summed E-state index contributed by atoms with van der Waals surface area (Å²) in [5.74, 6) is -1.21. The molecule has 2 aliphatic rings. The quantitative estimate of drug-likeness (QED) is 0.534. The maximum Gasteiger partial charge on any atom is 0.387 e. The maximum absolute atomic E-state index is 13.5. The average Bonchev–Trinajstić information content (AvgIpc) is 3.26. The number of fused-ring (bicyclic) bond motifs is 1. The number of aromatic nitrogens is 2. The van der Waals surface area contributed by atoms with E-state index in [-0.39, 0.29) is 23.0 Å². The highest BCUT2D eigenvalue weighted by molar-refractivity contribution is 6.00. The Bertz CT molecular complexity index is 1320. The first-order valence-corrected chi connectivity index (χ1v) is 11.7. The van der Waals surface area contributed by atoms with Crippen LogP contribution in [-0.4, -0.2) is 66.4 Å². The number of alkyl halides is 2. The normalized spacial score (nSPS) is 17.2. The van der Waals surface area contributed by atoms with Crippen LogP contribution in [0.25, 0.3) is 16.6 Å². The molecule has 0 bridgehead atoms. The highest BCUT2D eigenvalue weighted by Gasteiger charge is 2.48. The Morgan fingerprint density at radius 2 is 1.89 bits per heavy atom. The first-order chi connectivity index (χ1) is 17.3. The molecular formula is C25H26F2N4O5. The number of ether oxygens (including phenoxy) is 3. The van der Waals surface area contributed by atoms with Gasteiger partial charge in [-0.1, -0.05) is 12.5 Å². The van der Waals surface area contributed by atoms with E-state index in [0.29, 0.717) is 42.9 Å². The number of primary amides is 1. The Morgan fingerprint density at radius 1 is 1.17 bits per heavy atom.